The Balaban J connectivity index is 1.60. The summed E-state index contributed by atoms with van der Waals surface area (Å²) in [4.78, 5) is 55.1. The maximum atomic E-state index is 13.9. The van der Waals surface area contributed by atoms with Crippen molar-refractivity contribution in [2.45, 2.75) is 88.6 Å². The molecule has 3 aliphatic rings. The van der Waals surface area contributed by atoms with Crippen molar-refractivity contribution < 1.29 is 58.6 Å². The normalized spacial score (nSPS) is 26.8. The maximum Gasteiger partial charge on any atom is 0.306 e. The number of carbonyl (C=O) groups excluding carboxylic acids is 4. The van der Waals surface area contributed by atoms with E-state index in [-0.39, 0.29) is 40.8 Å². The van der Waals surface area contributed by atoms with Crippen LogP contribution in [0.25, 0.3) is 0 Å². The Morgan fingerprint density at radius 2 is 1.79 bits per heavy atom. The Morgan fingerprint density at radius 1 is 1.09 bits per heavy atom. The summed E-state index contributed by atoms with van der Waals surface area (Å²) in [6, 6.07) is 4.00. The predicted molar refractivity (Wildman–Crippen MR) is 165 cm³/mol. The molecule has 0 aromatic heterocycles. The number of nitrogens with zero attached hydrogens (tertiary/aromatic N) is 1. The highest BCUT2D eigenvalue weighted by Gasteiger charge is 2.50. The number of carbonyl (C=O) groups is 4. The number of rotatable bonds is 10. The van der Waals surface area contributed by atoms with Gasteiger partial charge >= 0.3 is 5.97 Å². The van der Waals surface area contributed by atoms with Crippen molar-refractivity contribution in [2.75, 3.05) is 27.8 Å². The van der Waals surface area contributed by atoms with Gasteiger partial charge in [0.25, 0.3) is 0 Å². The second kappa shape index (κ2) is 13.3. The van der Waals surface area contributed by atoms with Gasteiger partial charge in [-0.1, -0.05) is 25.5 Å². The molecule has 0 spiro atoms. The second-order valence-electron chi connectivity index (χ2n) is 12.6. The van der Waals surface area contributed by atoms with Crippen LogP contribution in [0.2, 0.25) is 0 Å². The topological polar surface area (TPSA) is 189 Å². The molecule has 4 N–H and O–H groups in total. The van der Waals surface area contributed by atoms with Crippen molar-refractivity contribution in [3.8, 4) is 17.2 Å². The zero-order valence-electron chi connectivity index (χ0n) is 27.1. The lowest BCUT2D eigenvalue weighted by Gasteiger charge is -2.44. The first-order chi connectivity index (χ1) is 22.2. The number of benzene rings is 2. The lowest BCUT2D eigenvalue weighted by Crippen LogP contribution is -2.54. The number of phenols is 2. The van der Waals surface area contributed by atoms with Crippen molar-refractivity contribution >= 4 is 23.3 Å². The van der Waals surface area contributed by atoms with E-state index >= 15 is 0 Å². The quantitative estimate of drug-likeness (QED) is 0.184. The summed E-state index contributed by atoms with van der Waals surface area (Å²) in [6.07, 6.45) is -3.40. The molecule has 13 nitrogen and oxygen atoms in total. The molecule has 1 aliphatic heterocycles. The van der Waals surface area contributed by atoms with Crippen LogP contribution in [-0.4, -0.2) is 107 Å². The van der Waals surface area contributed by atoms with E-state index in [1.807, 2.05) is 6.92 Å². The van der Waals surface area contributed by atoms with Gasteiger partial charge in [0.2, 0.25) is 11.6 Å². The van der Waals surface area contributed by atoms with Gasteiger partial charge in [0, 0.05) is 48.4 Å². The molecule has 0 amide bonds. The maximum absolute atomic E-state index is 13.9. The molecule has 2 aromatic carbocycles. The zero-order valence-corrected chi connectivity index (χ0v) is 27.1. The summed E-state index contributed by atoms with van der Waals surface area (Å²) < 4.78 is 22.7. The molecule has 254 valence electrons. The monoisotopic (exact) mass is 655 g/mol. The Morgan fingerprint density at radius 3 is 2.45 bits per heavy atom. The molecular weight excluding hydrogens is 614 g/mol. The largest absolute Gasteiger partial charge is 0.507 e. The highest BCUT2D eigenvalue weighted by molar-refractivity contribution is 6.31. The van der Waals surface area contributed by atoms with E-state index in [9.17, 15) is 39.6 Å². The first-order valence-electron chi connectivity index (χ1n) is 15.7. The van der Waals surface area contributed by atoms with Crippen LogP contribution in [0.4, 0.5) is 0 Å². The number of aromatic hydroxyl groups is 2. The van der Waals surface area contributed by atoms with Gasteiger partial charge in [0.15, 0.2) is 18.7 Å². The van der Waals surface area contributed by atoms with Gasteiger partial charge in [-0.25, -0.2) is 0 Å². The lowest BCUT2D eigenvalue weighted by molar-refractivity contribution is -0.256. The van der Waals surface area contributed by atoms with Crippen molar-refractivity contribution in [3.05, 3.63) is 51.6 Å². The average Bonchev–Trinajstić information content (AvgIpc) is 3.03. The summed E-state index contributed by atoms with van der Waals surface area (Å²) in [5.41, 5.74) is -3.62. The first-order valence-corrected chi connectivity index (χ1v) is 15.7. The third-order valence-corrected chi connectivity index (χ3v) is 9.35. The number of esters is 1. The minimum atomic E-state index is -2.27. The molecule has 47 heavy (non-hydrogen) atoms. The van der Waals surface area contributed by atoms with Crippen LogP contribution >= 0.6 is 0 Å². The molecule has 0 bridgehead atoms. The second-order valence-corrected chi connectivity index (χ2v) is 12.6. The van der Waals surface area contributed by atoms with Crippen molar-refractivity contribution in [1.29, 1.82) is 0 Å². The fourth-order valence-corrected chi connectivity index (χ4v) is 6.73. The van der Waals surface area contributed by atoms with E-state index in [0.717, 1.165) is 6.42 Å². The van der Waals surface area contributed by atoms with Crippen LogP contribution in [0.5, 0.6) is 17.2 Å². The van der Waals surface area contributed by atoms with E-state index in [1.54, 1.807) is 25.9 Å². The van der Waals surface area contributed by atoms with Crippen LogP contribution < -0.4 is 4.74 Å². The molecule has 1 saturated heterocycles. The summed E-state index contributed by atoms with van der Waals surface area (Å²) >= 11 is 0. The molecule has 5 rings (SSSR count). The molecule has 2 aliphatic carbocycles. The van der Waals surface area contributed by atoms with Crippen LogP contribution in [0, 0.1) is 0 Å². The molecule has 13 heteroatoms. The van der Waals surface area contributed by atoms with Gasteiger partial charge in [-0.15, -0.1) is 0 Å². The van der Waals surface area contributed by atoms with Gasteiger partial charge in [-0.05, 0) is 33.5 Å². The minimum Gasteiger partial charge on any atom is -0.507 e. The molecule has 1 fully saturated rings. The van der Waals surface area contributed by atoms with Gasteiger partial charge in [0.05, 0.1) is 42.1 Å². The van der Waals surface area contributed by atoms with Crippen LogP contribution in [0.3, 0.4) is 0 Å². The van der Waals surface area contributed by atoms with Gasteiger partial charge in [0.1, 0.15) is 22.8 Å². The van der Waals surface area contributed by atoms with E-state index in [1.165, 1.54) is 25.3 Å². The molecule has 1 heterocycles. The number of likely N-dealkylation sites (N-methyl/N-ethyl adjacent to an activating group) is 1. The molecular formula is C34H41NO12. The van der Waals surface area contributed by atoms with E-state index in [4.69, 9.17) is 18.9 Å². The molecule has 2 aromatic rings. The summed E-state index contributed by atoms with van der Waals surface area (Å²) in [7, 11) is 4.89. The number of ether oxygens (including phenoxy) is 4. The first kappa shape index (κ1) is 34.5. The zero-order chi connectivity index (χ0) is 34.4. The van der Waals surface area contributed by atoms with Crippen LogP contribution in [0.15, 0.2) is 18.2 Å². The van der Waals surface area contributed by atoms with Crippen LogP contribution in [0.1, 0.15) is 95.0 Å². The molecule has 0 radical (unpaired) electrons. The highest BCUT2D eigenvalue weighted by atomic mass is 16.7. The number of methoxy groups -OCH3 is 1. The van der Waals surface area contributed by atoms with Crippen molar-refractivity contribution in [2.24, 2.45) is 0 Å². The SMILES string of the molecule is CCCCC(=O)OCC(=O)C1(O)Cc2c(O)c3c(c(O)c2C(O[C@H]2C[C@H](N(C)C)[C@H](O)[C@H](C)O2)C1)C(=O)c1c(OC)cccc1C3=O. The number of hydrogen-bond donors (Lipinski definition) is 4. The Kier molecular flexibility index (Phi) is 9.76. The van der Waals surface area contributed by atoms with Crippen molar-refractivity contribution in [1.82, 2.24) is 4.90 Å². The van der Waals surface area contributed by atoms with Gasteiger partial charge < -0.3 is 44.3 Å². The lowest BCUT2D eigenvalue weighted by atomic mass is 9.72. The number of fused-ring (bicyclic) bond motifs is 3. The third-order valence-electron chi connectivity index (χ3n) is 9.35. The summed E-state index contributed by atoms with van der Waals surface area (Å²) in [5, 5.41) is 45.9. The van der Waals surface area contributed by atoms with E-state index in [0.29, 0.717) is 6.42 Å². The summed E-state index contributed by atoms with van der Waals surface area (Å²) in [6.45, 7) is 2.80. The number of ketones is 3. The summed E-state index contributed by atoms with van der Waals surface area (Å²) in [5.74, 6) is -4.27. The molecule has 0 saturated carbocycles. The number of Topliss-reactive ketones (excluding diaryl/α,β-unsaturated/α-hetero) is 1. The molecule has 2 unspecified atom stereocenters. The number of phenolic OH excluding ortho intramolecular Hbond substituents is 2. The number of aliphatic hydroxyl groups excluding tert-OH is 1. The van der Waals surface area contributed by atoms with Gasteiger partial charge in [-0.3, -0.25) is 19.2 Å². The fourth-order valence-electron chi connectivity index (χ4n) is 6.73. The Labute approximate surface area is 272 Å². The fraction of sp³-hybridized carbons (Fsp3) is 0.529. The van der Waals surface area contributed by atoms with Crippen molar-refractivity contribution in [3.63, 3.8) is 0 Å². The molecule has 6 atom stereocenters. The smallest absolute Gasteiger partial charge is 0.306 e. The average molecular weight is 656 g/mol. The van der Waals surface area contributed by atoms with Gasteiger partial charge in [-0.2, -0.15) is 0 Å². The Bertz CT molecular complexity index is 1600. The number of hydrogen-bond acceptors (Lipinski definition) is 13. The van der Waals surface area contributed by atoms with Crippen LogP contribution in [-0.2, 0) is 30.2 Å². The minimum absolute atomic E-state index is 0.0525. The predicted octanol–water partition coefficient (Wildman–Crippen LogP) is 2.35. The number of unbranched alkanes of at least 4 members (excludes halogenated alkanes) is 1. The highest BCUT2D eigenvalue weighted by Crippen LogP contribution is 2.52. The third kappa shape index (κ3) is 6.14. The Hall–Kier alpha value is -3.88. The number of aliphatic hydroxyl groups is 2. The van der Waals surface area contributed by atoms with E-state index < -0.39 is 102 Å². The van der Waals surface area contributed by atoms with E-state index in [2.05, 4.69) is 0 Å². The standard InChI is InChI=1S/C34H41NO12/c1-6-7-11-23(37)45-15-22(36)34(43)13-18-26(21(14-34)47-24-12-19(35(3)4)29(38)16(2)46-24)33(42)28-27(31(18)40)30(39)17-9-8-10-20(44-5)25(17)32(28)41/h8-10,16,19,21,24,29,38,40,42-43H,6-7,11-15H2,1-5H3/t16-,19-,21?,24-,29+,34?/m0/s1.